The molecule has 2 aromatic rings. The van der Waals surface area contributed by atoms with Crippen LogP contribution >= 0.6 is 7.82 Å². The Labute approximate surface area is 190 Å². The van der Waals surface area contributed by atoms with Crippen molar-refractivity contribution in [1.82, 2.24) is 9.97 Å². The van der Waals surface area contributed by atoms with Crippen molar-refractivity contribution in [3.05, 3.63) is 42.0 Å². The number of nitrogens with zero attached hydrogens (tertiary/aromatic N) is 2. The van der Waals surface area contributed by atoms with Crippen molar-refractivity contribution in [1.29, 1.82) is 0 Å². The smallest absolute Gasteiger partial charge is 0.469 e. The maximum absolute atomic E-state index is 13.6. The first-order valence-corrected chi connectivity index (χ1v) is 12.2. The van der Waals surface area contributed by atoms with E-state index in [4.69, 9.17) is 20.3 Å². The lowest BCUT2D eigenvalue weighted by atomic mass is 10.0. The van der Waals surface area contributed by atoms with Crippen molar-refractivity contribution in [2.75, 3.05) is 13.2 Å². The minimum atomic E-state index is -4.69. The first kappa shape index (κ1) is 27.2. The summed E-state index contributed by atoms with van der Waals surface area (Å²) in [7, 11) is -4.69. The summed E-state index contributed by atoms with van der Waals surface area (Å²) in [6.07, 6.45) is 3.98. The quantitative estimate of drug-likeness (QED) is 0.264. The highest BCUT2D eigenvalue weighted by atomic mass is 31.2. The van der Waals surface area contributed by atoms with Crippen LogP contribution in [0.4, 0.5) is 13.2 Å². The molecule has 0 fully saturated rings. The van der Waals surface area contributed by atoms with Crippen LogP contribution in [-0.4, -0.2) is 33.0 Å². The number of halogens is 3. The molecular weight excluding hydrogens is 462 g/mol. The van der Waals surface area contributed by atoms with Crippen molar-refractivity contribution in [2.24, 2.45) is 5.73 Å². The molecule has 1 atom stereocenters. The van der Waals surface area contributed by atoms with Crippen LogP contribution < -0.4 is 10.5 Å². The molecule has 0 aliphatic heterocycles. The second kappa shape index (κ2) is 12.4. The topological polar surface area (TPSA) is 128 Å². The van der Waals surface area contributed by atoms with E-state index in [-0.39, 0.29) is 23.7 Å². The number of phosphoric ester groups is 1. The number of hydrogen-bond donors (Lipinski definition) is 3. The van der Waals surface area contributed by atoms with Crippen LogP contribution in [0.5, 0.6) is 5.75 Å². The number of hydrogen-bond acceptors (Lipinski definition) is 6. The molecule has 0 aliphatic rings. The largest absolute Gasteiger partial charge is 0.493 e. The summed E-state index contributed by atoms with van der Waals surface area (Å²) in [5.41, 5.74) is 5.39. The molecule has 1 heterocycles. The number of unbranched alkanes of at least 4 members (excludes halogenated alkanes) is 5. The van der Waals surface area contributed by atoms with Gasteiger partial charge in [0, 0.05) is 18.0 Å². The second-order valence-electron chi connectivity index (χ2n) is 7.55. The number of nitrogens with two attached hydrogens (primary N) is 1. The molecule has 0 spiro atoms. The highest BCUT2D eigenvalue weighted by Gasteiger charge is 2.35. The van der Waals surface area contributed by atoms with Gasteiger partial charge in [-0.2, -0.15) is 13.2 Å². The van der Waals surface area contributed by atoms with Gasteiger partial charge >= 0.3 is 14.0 Å². The van der Waals surface area contributed by atoms with Crippen molar-refractivity contribution >= 4 is 7.82 Å². The molecule has 33 heavy (non-hydrogen) atoms. The van der Waals surface area contributed by atoms with Crippen molar-refractivity contribution < 1.29 is 36.8 Å². The Morgan fingerprint density at radius 3 is 2.30 bits per heavy atom. The van der Waals surface area contributed by atoms with Gasteiger partial charge in [-0.25, -0.2) is 14.5 Å². The van der Waals surface area contributed by atoms with Crippen molar-refractivity contribution in [3.8, 4) is 16.9 Å². The fourth-order valence-electron chi connectivity index (χ4n) is 3.05. The minimum Gasteiger partial charge on any atom is -0.493 e. The number of phosphoric acid groups is 1. The van der Waals surface area contributed by atoms with Crippen molar-refractivity contribution in [3.63, 3.8) is 0 Å². The maximum Gasteiger partial charge on any atom is 0.469 e. The third-order valence-electron chi connectivity index (χ3n) is 4.80. The normalized spacial score (nSPS) is 13.2. The number of aromatic nitrogens is 2. The summed E-state index contributed by atoms with van der Waals surface area (Å²) in [4.78, 5) is 25.4. The van der Waals surface area contributed by atoms with E-state index in [0.717, 1.165) is 38.2 Å². The molecule has 1 unspecified atom stereocenters. The van der Waals surface area contributed by atoms with Gasteiger partial charge < -0.3 is 20.3 Å². The fraction of sp³-hybridized carbons (Fsp3) is 0.524. The van der Waals surface area contributed by atoms with Crippen LogP contribution in [0, 0.1) is 0 Å². The number of rotatable bonds is 13. The summed E-state index contributed by atoms with van der Waals surface area (Å²) < 4.78 is 61.3. The summed E-state index contributed by atoms with van der Waals surface area (Å²) in [6, 6.07) is 2.73. The second-order valence-corrected chi connectivity index (χ2v) is 8.79. The van der Waals surface area contributed by atoms with Gasteiger partial charge in [0.05, 0.1) is 24.8 Å². The van der Waals surface area contributed by atoms with Gasteiger partial charge in [0.2, 0.25) is 0 Å². The minimum absolute atomic E-state index is 0.0298. The van der Waals surface area contributed by atoms with Crippen LogP contribution in [0.15, 0.2) is 30.6 Å². The van der Waals surface area contributed by atoms with Gasteiger partial charge in [0.1, 0.15) is 11.6 Å². The summed E-state index contributed by atoms with van der Waals surface area (Å²) >= 11 is 0. The number of benzene rings is 1. The zero-order valence-electron chi connectivity index (χ0n) is 18.3. The average molecular weight is 491 g/mol. The van der Waals surface area contributed by atoms with Crippen LogP contribution in [0.25, 0.3) is 11.1 Å². The zero-order chi connectivity index (χ0) is 24.5. The Morgan fingerprint density at radius 1 is 1.06 bits per heavy atom. The molecule has 12 heteroatoms. The first-order valence-electron chi connectivity index (χ1n) is 10.6. The molecule has 0 saturated heterocycles. The van der Waals surface area contributed by atoms with E-state index in [9.17, 15) is 17.7 Å². The molecule has 4 N–H and O–H groups in total. The predicted octanol–water partition coefficient (Wildman–Crippen LogP) is 5.01. The molecule has 1 aromatic heterocycles. The summed E-state index contributed by atoms with van der Waals surface area (Å²) in [5, 5.41) is 0. The Hall–Kier alpha value is -2.04. The van der Waals surface area contributed by atoms with E-state index in [1.165, 1.54) is 24.5 Å². The lowest BCUT2D eigenvalue weighted by Gasteiger charge is -2.16. The van der Waals surface area contributed by atoms with Gasteiger partial charge in [-0.05, 0) is 24.1 Å². The Bertz CT molecular complexity index is 922. The first-order chi connectivity index (χ1) is 15.5. The highest BCUT2D eigenvalue weighted by molar-refractivity contribution is 7.46. The predicted molar refractivity (Wildman–Crippen MR) is 116 cm³/mol. The standard InChI is InChI=1S/C21H29F3N3O5P/c1-2-3-4-5-6-7-10-31-19-9-8-15(11-17(19)21(22,23)24)16-12-26-20(27-13-16)18(25)14-32-33(28,29)30/h8-9,11-13,18H,2-7,10,14,25H2,1H3,(H2,28,29,30). The monoisotopic (exact) mass is 491 g/mol. The third kappa shape index (κ3) is 9.38. The molecule has 184 valence electrons. The maximum atomic E-state index is 13.6. The Balaban J connectivity index is 2.07. The molecule has 2 rings (SSSR count). The van der Waals surface area contributed by atoms with Crippen LogP contribution in [0.2, 0.25) is 0 Å². The molecule has 0 aliphatic carbocycles. The number of ether oxygens (including phenoxy) is 1. The molecule has 8 nitrogen and oxygen atoms in total. The number of alkyl halides is 3. The van der Waals surface area contributed by atoms with Gasteiger partial charge in [-0.3, -0.25) is 4.52 Å². The lowest BCUT2D eigenvalue weighted by molar-refractivity contribution is -0.138. The molecule has 0 bridgehead atoms. The van der Waals surface area contributed by atoms with E-state index in [0.29, 0.717) is 12.0 Å². The average Bonchev–Trinajstić information content (AvgIpc) is 2.76. The summed E-state index contributed by atoms with van der Waals surface area (Å²) in [5.74, 6) is -0.198. The van der Waals surface area contributed by atoms with Gasteiger partial charge in [0.15, 0.2) is 0 Å². The fourth-order valence-corrected chi connectivity index (χ4v) is 3.41. The third-order valence-corrected chi connectivity index (χ3v) is 5.28. The van der Waals surface area contributed by atoms with Crippen molar-refractivity contribution in [2.45, 2.75) is 57.7 Å². The van der Waals surface area contributed by atoms with Crippen LogP contribution in [0.1, 0.15) is 62.9 Å². The van der Waals surface area contributed by atoms with Crippen LogP contribution in [0.3, 0.4) is 0 Å². The van der Waals surface area contributed by atoms with E-state index in [1.54, 1.807) is 0 Å². The van der Waals surface area contributed by atoms with E-state index < -0.39 is 32.2 Å². The molecule has 0 amide bonds. The van der Waals surface area contributed by atoms with E-state index in [1.807, 2.05) is 0 Å². The molecule has 0 saturated carbocycles. The van der Waals surface area contributed by atoms with Gasteiger partial charge in [-0.15, -0.1) is 0 Å². The van der Waals surface area contributed by atoms with E-state index in [2.05, 4.69) is 21.4 Å². The molecule has 0 radical (unpaired) electrons. The van der Waals surface area contributed by atoms with Gasteiger partial charge in [0.25, 0.3) is 0 Å². The Morgan fingerprint density at radius 2 is 1.70 bits per heavy atom. The van der Waals surface area contributed by atoms with Gasteiger partial charge in [-0.1, -0.05) is 45.1 Å². The Kier molecular flexibility index (Phi) is 10.2. The SMILES string of the molecule is CCCCCCCCOc1ccc(-c2cnc(C(N)COP(=O)(O)O)nc2)cc1C(F)(F)F. The highest BCUT2D eigenvalue weighted by Crippen LogP contribution is 2.39. The zero-order valence-corrected chi connectivity index (χ0v) is 19.2. The summed E-state index contributed by atoms with van der Waals surface area (Å²) in [6.45, 7) is 1.80. The van der Waals surface area contributed by atoms with Crippen LogP contribution in [-0.2, 0) is 15.3 Å². The lowest BCUT2D eigenvalue weighted by Crippen LogP contribution is -2.19. The van der Waals surface area contributed by atoms with E-state index >= 15 is 0 Å². The molecule has 1 aromatic carbocycles. The molecular formula is C21H29F3N3O5P.